The molecule has 0 aromatic carbocycles. The fourth-order valence-corrected chi connectivity index (χ4v) is 4.11. The maximum absolute atomic E-state index is 11.6. The highest BCUT2D eigenvalue weighted by molar-refractivity contribution is 7.99. The van der Waals surface area contributed by atoms with Crippen LogP contribution >= 0.6 is 11.8 Å². The molecule has 2 rings (SSSR count). The molecule has 0 radical (unpaired) electrons. The topological polar surface area (TPSA) is 51.0 Å². The number of nitrogens with zero attached hydrogens (tertiary/aromatic N) is 4. The van der Waals surface area contributed by atoms with Crippen LogP contribution in [0.1, 0.15) is 57.3 Å². The summed E-state index contributed by atoms with van der Waals surface area (Å²) in [5, 5.41) is 9.65. The van der Waals surface area contributed by atoms with Crippen LogP contribution in [0.25, 0.3) is 0 Å². The fourth-order valence-electron chi connectivity index (χ4n) is 3.12. The molecule has 124 valence electrons. The summed E-state index contributed by atoms with van der Waals surface area (Å²) < 4.78 is 2.33. The molecule has 1 fully saturated rings. The molecule has 1 heterocycles. The van der Waals surface area contributed by atoms with Gasteiger partial charge in [-0.25, -0.2) is 0 Å². The molecule has 0 unspecified atom stereocenters. The molecule has 22 heavy (non-hydrogen) atoms. The summed E-state index contributed by atoms with van der Waals surface area (Å²) in [6.07, 6.45) is 6.58. The zero-order valence-electron chi connectivity index (χ0n) is 14.2. The molecule has 0 N–H and O–H groups in total. The molecule has 1 aliphatic carbocycles. The van der Waals surface area contributed by atoms with E-state index in [0.717, 1.165) is 29.1 Å². The molecule has 1 amide bonds. The molecular formula is C16H28N4OS. The van der Waals surface area contributed by atoms with E-state index in [1.165, 1.54) is 25.7 Å². The maximum Gasteiger partial charge on any atom is 0.222 e. The Morgan fingerprint density at radius 1 is 1.36 bits per heavy atom. The molecule has 0 saturated heterocycles. The molecule has 6 heteroatoms. The first-order valence-corrected chi connectivity index (χ1v) is 9.22. The van der Waals surface area contributed by atoms with Crippen molar-refractivity contribution in [1.29, 1.82) is 0 Å². The van der Waals surface area contributed by atoms with E-state index >= 15 is 0 Å². The Kier molecular flexibility index (Phi) is 6.29. The number of carbonyl (C=O) groups is 1. The van der Waals surface area contributed by atoms with Crippen LogP contribution in [0.3, 0.4) is 0 Å². The van der Waals surface area contributed by atoms with E-state index in [2.05, 4.69) is 21.7 Å². The minimum atomic E-state index is 0.194. The minimum Gasteiger partial charge on any atom is -0.349 e. The van der Waals surface area contributed by atoms with Gasteiger partial charge in [0, 0.05) is 32.3 Å². The van der Waals surface area contributed by atoms with Crippen LogP contribution in [0.15, 0.2) is 5.16 Å². The molecule has 0 bridgehead atoms. The lowest BCUT2D eigenvalue weighted by Crippen LogP contribution is -2.21. The number of hydrogen-bond acceptors (Lipinski definition) is 4. The van der Waals surface area contributed by atoms with Gasteiger partial charge in [0.25, 0.3) is 0 Å². The van der Waals surface area contributed by atoms with Crippen molar-refractivity contribution in [3.63, 3.8) is 0 Å². The average molecular weight is 324 g/mol. The minimum absolute atomic E-state index is 0.194. The first-order chi connectivity index (χ1) is 10.5. The van der Waals surface area contributed by atoms with Crippen LogP contribution < -0.4 is 0 Å². The molecule has 1 aliphatic rings. The quantitative estimate of drug-likeness (QED) is 0.595. The molecular weight excluding hydrogens is 296 g/mol. The van der Waals surface area contributed by atoms with E-state index in [0.29, 0.717) is 12.5 Å². The van der Waals surface area contributed by atoms with Crippen LogP contribution in [0.4, 0.5) is 0 Å². The third kappa shape index (κ3) is 4.48. The lowest BCUT2D eigenvalue weighted by Gasteiger charge is -2.29. The van der Waals surface area contributed by atoms with E-state index in [1.807, 2.05) is 6.92 Å². The molecule has 1 aromatic heterocycles. The maximum atomic E-state index is 11.6. The third-order valence-electron chi connectivity index (χ3n) is 4.37. The van der Waals surface area contributed by atoms with Gasteiger partial charge in [0.1, 0.15) is 5.82 Å². The first kappa shape index (κ1) is 17.3. The van der Waals surface area contributed by atoms with E-state index in [-0.39, 0.29) is 5.91 Å². The summed E-state index contributed by atoms with van der Waals surface area (Å²) >= 11 is 1.74. The number of hydrogen-bond donors (Lipinski definition) is 0. The highest BCUT2D eigenvalue weighted by Crippen LogP contribution is 2.35. The van der Waals surface area contributed by atoms with Gasteiger partial charge >= 0.3 is 0 Å². The molecule has 0 spiro atoms. The van der Waals surface area contributed by atoms with E-state index in [9.17, 15) is 4.79 Å². The number of thioether (sulfide) groups is 1. The lowest BCUT2D eigenvalue weighted by atomic mass is 9.87. The number of rotatable bonds is 6. The molecule has 1 saturated carbocycles. The van der Waals surface area contributed by atoms with Gasteiger partial charge in [-0.3, -0.25) is 4.79 Å². The van der Waals surface area contributed by atoms with Gasteiger partial charge in [-0.05, 0) is 32.1 Å². The summed E-state index contributed by atoms with van der Waals surface area (Å²) in [4.78, 5) is 13.2. The third-order valence-corrected chi connectivity index (χ3v) is 5.40. The van der Waals surface area contributed by atoms with Crippen molar-refractivity contribution in [3.05, 3.63) is 5.82 Å². The van der Waals surface area contributed by atoms with Crippen LogP contribution in [0.5, 0.6) is 0 Å². The Morgan fingerprint density at radius 3 is 2.82 bits per heavy atom. The van der Waals surface area contributed by atoms with Crippen LogP contribution in [-0.4, -0.2) is 45.4 Å². The summed E-state index contributed by atoms with van der Waals surface area (Å²) in [5.74, 6) is 2.92. The van der Waals surface area contributed by atoms with E-state index in [4.69, 9.17) is 0 Å². The summed E-state index contributed by atoms with van der Waals surface area (Å²) in [5.41, 5.74) is 0. The highest BCUT2D eigenvalue weighted by Gasteiger charge is 2.24. The van der Waals surface area contributed by atoms with Gasteiger partial charge in [0.2, 0.25) is 5.91 Å². The van der Waals surface area contributed by atoms with Gasteiger partial charge in [-0.15, -0.1) is 10.2 Å². The van der Waals surface area contributed by atoms with Gasteiger partial charge in [0.15, 0.2) is 5.16 Å². The number of aryl methyl sites for hydroxylation is 1. The Hall–Kier alpha value is -1.04. The SMILES string of the molecule is Cc1nnc(SCCCC(=O)N(C)C)n1[C@H]1CCC[C@H](C)C1. The largest absolute Gasteiger partial charge is 0.349 e. The summed E-state index contributed by atoms with van der Waals surface area (Å²) in [6.45, 7) is 4.39. The fraction of sp³-hybridized carbons (Fsp3) is 0.812. The highest BCUT2D eigenvalue weighted by atomic mass is 32.2. The predicted molar refractivity (Wildman–Crippen MR) is 90.1 cm³/mol. The van der Waals surface area contributed by atoms with Gasteiger partial charge in [-0.2, -0.15) is 0 Å². The van der Waals surface area contributed by atoms with Crippen molar-refractivity contribution >= 4 is 17.7 Å². The lowest BCUT2D eigenvalue weighted by molar-refractivity contribution is -0.128. The first-order valence-electron chi connectivity index (χ1n) is 8.23. The standard InChI is InChI=1S/C16H28N4OS/c1-12-7-5-8-14(11-12)20-13(2)17-18-16(20)22-10-6-9-15(21)19(3)4/h12,14H,5-11H2,1-4H3/t12-,14-/m0/s1. The number of carbonyl (C=O) groups excluding carboxylic acids is 1. The van der Waals surface area contributed by atoms with E-state index < -0.39 is 0 Å². The number of aromatic nitrogens is 3. The van der Waals surface area contributed by atoms with Crippen LogP contribution in [0, 0.1) is 12.8 Å². The van der Waals surface area contributed by atoms with Crippen molar-refractivity contribution < 1.29 is 4.79 Å². The Morgan fingerprint density at radius 2 is 2.14 bits per heavy atom. The Labute approximate surface area is 137 Å². The zero-order chi connectivity index (χ0) is 16.1. The zero-order valence-corrected chi connectivity index (χ0v) is 15.0. The van der Waals surface area contributed by atoms with Crippen molar-refractivity contribution in [2.75, 3.05) is 19.8 Å². The van der Waals surface area contributed by atoms with Crippen LogP contribution in [-0.2, 0) is 4.79 Å². The van der Waals surface area contributed by atoms with Gasteiger partial charge in [0.05, 0.1) is 0 Å². The monoisotopic (exact) mass is 324 g/mol. The van der Waals surface area contributed by atoms with Crippen molar-refractivity contribution in [3.8, 4) is 0 Å². The van der Waals surface area contributed by atoms with Gasteiger partial charge in [-0.1, -0.05) is 31.5 Å². The van der Waals surface area contributed by atoms with Crippen LogP contribution in [0.2, 0.25) is 0 Å². The molecule has 5 nitrogen and oxygen atoms in total. The summed E-state index contributed by atoms with van der Waals surface area (Å²) in [6, 6.07) is 0.546. The van der Waals surface area contributed by atoms with E-state index in [1.54, 1.807) is 30.8 Å². The summed E-state index contributed by atoms with van der Waals surface area (Å²) in [7, 11) is 3.61. The smallest absolute Gasteiger partial charge is 0.222 e. The Bertz CT molecular complexity index is 500. The Balaban J connectivity index is 1.90. The second kappa shape index (κ2) is 7.99. The van der Waals surface area contributed by atoms with Gasteiger partial charge < -0.3 is 9.47 Å². The molecule has 0 aliphatic heterocycles. The van der Waals surface area contributed by atoms with Crippen molar-refractivity contribution in [1.82, 2.24) is 19.7 Å². The molecule has 1 aromatic rings. The van der Waals surface area contributed by atoms with Crippen molar-refractivity contribution in [2.24, 2.45) is 5.92 Å². The average Bonchev–Trinajstić information content (AvgIpc) is 2.84. The predicted octanol–water partition coefficient (Wildman–Crippen LogP) is 3.30. The second-order valence-corrected chi connectivity index (χ2v) is 7.63. The van der Waals surface area contributed by atoms with Crippen molar-refractivity contribution in [2.45, 2.75) is 63.6 Å². The normalized spacial score (nSPS) is 21.8. The second-order valence-electron chi connectivity index (χ2n) is 6.57. The number of amides is 1. The molecule has 2 atom stereocenters.